The first-order valence-electron chi connectivity index (χ1n) is 11.3. The lowest BCUT2D eigenvalue weighted by Gasteiger charge is -2.22. The van der Waals surface area contributed by atoms with Crippen LogP contribution in [-0.4, -0.2) is 54.0 Å². The zero-order chi connectivity index (χ0) is 22.1. The Labute approximate surface area is 184 Å². The largest absolute Gasteiger partial charge is 0.466 e. The van der Waals surface area contributed by atoms with Gasteiger partial charge in [0.2, 0.25) is 12.7 Å². The van der Waals surface area contributed by atoms with Crippen LogP contribution in [0, 0.1) is 0 Å². The van der Waals surface area contributed by atoms with Gasteiger partial charge in [0.25, 0.3) is 0 Å². The number of amides is 1. The first kappa shape index (κ1) is 23.1. The summed E-state index contributed by atoms with van der Waals surface area (Å²) in [5.41, 5.74) is 0.976. The van der Waals surface area contributed by atoms with Gasteiger partial charge in [0, 0.05) is 25.8 Å². The molecular weight excluding hydrogens is 398 g/mol. The maximum atomic E-state index is 12.3. The van der Waals surface area contributed by atoms with Gasteiger partial charge in [0.1, 0.15) is 0 Å². The van der Waals surface area contributed by atoms with Gasteiger partial charge in [0.05, 0.1) is 18.8 Å². The minimum Gasteiger partial charge on any atom is -0.466 e. The Hall–Kier alpha value is -2.54. The molecular formula is C24H33NO6. The van der Waals surface area contributed by atoms with Crippen LogP contribution in [-0.2, 0) is 20.7 Å². The number of aliphatic hydroxyl groups is 1. The Kier molecular flexibility index (Phi) is 8.76. The monoisotopic (exact) mass is 431 g/mol. The Morgan fingerprint density at radius 1 is 1.26 bits per heavy atom. The van der Waals surface area contributed by atoms with E-state index in [1.54, 1.807) is 6.08 Å². The van der Waals surface area contributed by atoms with E-state index in [0.29, 0.717) is 38.2 Å². The van der Waals surface area contributed by atoms with Crippen LogP contribution < -0.4 is 9.47 Å². The Bertz CT molecular complexity index is 777. The molecule has 2 aliphatic heterocycles. The lowest BCUT2D eigenvalue weighted by Crippen LogP contribution is -2.32. The SMILES string of the molecule is CCOC(=O)CCCCCCN1C(=O)CC[C@@H]1C=CC(O)Cc1ccc2c(c1)OCO2. The number of ether oxygens (including phenoxy) is 3. The molecule has 7 heteroatoms. The number of carbonyl (C=O) groups excluding carboxylic acids is 2. The molecule has 1 unspecified atom stereocenters. The maximum Gasteiger partial charge on any atom is 0.305 e. The van der Waals surface area contributed by atoms with Crippen LogP contribution >= 0.6 is 0 Å². The molecule has 0 radical (unpaired) electrons. The fourth-order valence-electron chi connectivity index (χ4n) is 4.02. The molecule has 1 amide bonds. The molecule has 170 valence electrons. The molecule has 0 aliphatic carbocycles. The summed E-state index contributed by atoms with van der Waals surface area (Å²) < 4.78 is 15.6. The van der Waals surface area contributed by atoms with Crippen LogP contribution in [0.15, 0.2) is 30.4 Å². The predicted molar refractivity (Wildman–Crippen MR) is 116 cm³/mol. The van der Waals surface area contributed by atoms with Gasteiger partial charge in [0.15, 0.2) is 11.5 Å². The molecule has 7 nitrogen and oxygen atoms in total. The van der Waals surface area contributed by atoms with Crippen LogP contribution in [0.3, 0.4) is 0 Å². The number of esters is 1. The summed E-state index contributed by atoms with van der Waals surface area (Å²) in [5.74, 6) is 1.48. The van der Waals surface area contributed by atoms with E-state index in [4.69, 9.17) is 14.2 Å². The van der Waals surface area contributed by atoms with Gasteiger partial charge in [-0.05, 0) is 43.9 Å². The van der Waals surface area contributed by atoms with Crippen molar-refractivity contribution in [1.82, 2.24) is 4.90 Å². The molecule has 0 bridgehead atoms. The van der Waals surface area contributed by atoms with E-state index in [-0.39, 0.29) is 24.7 Å². The third kappa shape index (κ3) is 6.99. The molecule has 1 N–H and O–H groups in total. The highest BCUT2D eigenvalue weighted by Gasteiger charge is 2.28. The molecule has 31 heavy (non-hydrogen) atoms. The first-order chi connectivity index (χ1) is 15.1. The summed E-state index contributed by atoms with van der Waals surface area (Å²) >= 11 is 0. The van der Waals surface area contributed by atoms with Crippen molar-refractivity contribution in [2.45, 2.75) is 70.4 Å². The zero-order valence-electron chi connectivity index (χ0n) is 18.3. The normalized spacial score (nSPS) is 18.7. The number of carbonyl (C=O) groups is 2. The lowest BCUT2D eigenvalue weighted by atomic mass is 10.1. The highest BCUT2D eigenvalue weighted by molar-refractivity contribution is 5.79. The van der Waals surface area contributed by atoms with Crippen LogP contribution in [0.2, 0.25) is 0 Å². The number of nitrogens with zero attached hydrogens (tertiary/aromatic N) is 1. The van der Waals surface area contributed by atoms with Crippen molar-refractivity contribution < 1.29 is 28.9 Å². The van der Waals surface area contributed by atoms with E-state index in [9.17, 15) is 14.7 Å². The number of likely N-dealkylation sites (tertiary alicyclic amines) is 1. The average molecular weight is 432 g/mol. The Balaban J connectivity index is 1.39. The zero-order valence-corrected chi connectivity index (χ0v) is 18.3. The second-order valence-corrected chi connectivity index (χ2v) is 8.01. The van der Waals surface area contributed by atoms with E-state index in [2.05, 4.69) is 0 Å². The summed E-state index contributed by atoms with van der Waals surface area (Å²) in [7, 11) is 0. The first-order valence-corrected chi connectivity index (χ1v) is 11.3. The molecule has 0 saturated carbocycles. The van der Waals surface area contributed by atoms with Crippen LogP contribution in [0.5, 0.6) is 11.5 Å². The molecule has 2 atom stereocenters. The lowest BCUT2D eigenvalue weighted by molar-refractivity contribution is -0.143. The van der Waals surface area contributed by atoms with Crippen molar-refractivity contribution in [3.8, 4) is 11.5 Å². The standard InChI is InChI=1S/C24H33NO6/c1-2-29-24(28)7-5-3-4-6-14-25-19(10-13-23(25)27)9-11-20(26)15-18-8-12-21-22(16-18)31-17-30-21/h8-9,11-12,16,19-20,26H,2-7,10,13-15,17H2,1H3/t19-,20?/m0/s1. The molecule has 0 aromatic heterocycles. The highest BCUT2D eigenvalue weighted by atomic mass is 16.7. The second kappa shape index (κ2) is 11.7. The minimum atomic E-state index is -0.624. The van der Waals surface area contributed by atoms with Gasteiger partial charge in [-0.3, -0.25) is 9.59 Å². The van der Waals surface area contributed by atoms with Gasteiger partial charge in [-0.25, -0.2) is 0 Å². The van der Waals surface area contributed by atoms with Crippen molar-refractivity contribution in [3.05, 3.63) is 35.9 Å². The fourth-order valence-corrected chi connectivity index (χ4v) is 4.02. The van der Waals surface area contributed by atoms with Gasteiger partial charge in [-0.1, -0.05) is 31.1 Å². The highest BCUT2D eigenvalue weighted by Crippen LogP contribution is 2.32. The quantitative estimate of drug-likeness (QED) is 0.310. The van der Waals surface area contributed by atoms with Crippen LogP contribution in [0.1, 0.15) is 57.4 Å². The number of aliphatic hydroxyl groups excluding tert-OH is 1. The van der Waals surface area contributed by atoms with Crippen molar-refractivity contribution in [3.63, 3.8) is 0 Å². The molecule has 1 aromatic rings. The van der Waals surface area contributed by atoms with Crippen molar-refractivity contribution >= 4 is 11.9 Å². The third-order valence-electron chi connectivity index (χ3n) is 5.65. The molecule has 2 heterocycles. The number of fused-ring (bicyclic) bond motifs is 1. The molecule has 1 aromatic carbocycles. The fraction of sp³-hybridized carbons (Fsp3) is 0.583. The number of hydrogen-bond donors (Lipinski definition) is 1. The van der Waals surface area contributed by atoms with Crippen LogP contribution in [0.25, 0.3) is 0 Å². The van der Waals surface area contributed by atoms with Gasteiger partial charge < -0.3 is 24.2 Å². The van der Waals surface area contributed by atoms with E-state index >= 15 is 0 Å². The van der Waals surface area contributed by atoms with E-state index < -0.39 is 6.10 Å². The van der Waals surface area contributed by atoms with Gasteiger partial charge >= 0.3 is 5.97 Å². The van der Waals surface area contributed by atoms with Crippen molar-refractivity contribution in [1.29, 1.82) is 0 Å². The maximum absolute atomic E-state index is 12.3. The third-order valence-corrected chi connectivity index (χ3v) is 5.65. The smallest absolute Gasteiger partial charge is 0.305 e. The topological polar surface area (TPSA) is 85.3 Å². The predicted octanol–water partition coefficient (Wildman–Crippen LogP) is 3.38. The summed E-state index contributed by atoms with van der Waals surface area (Å²) in [6, 6.07) is 5.72. The summed E-state index contributed by atoms with van der Waals surface area (Å²) in [5, 5.41) is 10.4. The molecule has 2 aliphatic rings. The van der Waals surface area contributed by atoms with Gasteiger partial charge in [-0.15, -0.1) is 0 Å². The number of hydrogen-bond acceptors (Lipinski definition) is 6. The minimum absolute atomic E-state index is 0.0402. The molecule has 1 saturated heterocycles. The molecule has 1 fully saturated rings. The Morgan fingerprint density at radius 2 is 2.06 bits per heavy atom. The van der Waals surface area contributed by atoms with Gasteiger partial charge in [-0.2, -0.15) is 0 Å². The molecule has 0 spiro atoms. The van der Waals surface area contributed by atoms with Crippen LogP contribution in [0.4, 0.5) is 0 Å². The summed E-state index contributed by atoms with van der Waals surface area (Å²) in [4.78, 5) is 25.5. The van der Waals surface area contributed by atoms with Crippen molar-refractivity contribution in [2.75, 3.05) is 19.9 Å². The molecule has 3 rings (SSSR count). The second-order valence-electron chi connectivity index (χ2n) is 8.01. The van der Waals surface area contributed by atoms with E-state index in [1.807, 2.05) is 36.1 Å². The number of unbranched alkanes of at least 4 members (excludes halogenated alkanes) is 3. The summed E-state index contributed by atoms with van der Waals surface area (Å²) in [6.07, 6.45) is 9.08. The van der Waals surface area contributed by atoms with E-state index in [1.165, 1.54) is 0 Å². The Morgan fingerprint density at radius 3 is 2.90 bits per heavy atom. The average Bonchev–Trinajstić information content (AvgIpc) is 3.35. The van der Waals surface area contributed by atoms with Crippen molar-refractivity contribution in [2.24, 2.45) is 0 Å². The summed E-state index contributed by atoms with van der Waals surface area (Å²) in [6.45, 7) is 3.19. The van der Waals surface area contributed by atoms with E-state index in [0.717, 1.165) is 43.4 Å². The number of benzene rings is 1. The number of rotatable bonds is 12.